The molecule has 1 N–H and O–H groups in total. The van der Waals surface area contributed by atoms with Crippen molar-refractivity contribution < 1.29 is 9.84 Å². The third-order valence-electron chi connectivity index (χ3n) is 2.08. The fourth-order valence-corrected chi connectivity index (χ4v) is 1.02. The lowest BCUT2D eigenvalue weighted by Crippen LogP contribution is -2.18. The number of para-hydroxylation sites is 1. The number of hydrogen-bond donors (Lipinski definition) is 1. The summed E-state index contributed by atoms with van der Waals surface area (Å²) in [5, 5.41) is 9.47. The van der Waals surface area contributed by atoms with Crippen molar-refractivity contribution in [2.75, 3.05) is 6.61 Å². The molecular formula is C10H12O2. The van der Waals surface area contributed by atoms with Crippen LogP contribution in [0.1, 0.15) is 12.8 Å². The van der Waals surface area contributed by atoms with Gasteiger partial charge in [-0.2, -0.15) is 0 Å². The summed E-state index contributed by atoms with van der Waals surface area (Å²) in [5.74, 6) is 0.831. The van der Waals surface area contributed by atoms with E-state index in [0.29, 0.717) is 6.61 Å². The van der Waals surface area contributed by atoms with Gasteiger partial charge in [-0.05, 0) is 25.0 Å². The molecule has 1 saturated carbocycles. The first kappa shape index (κ1) is 7.62. The summed E-state index contributed by atoms with van der Waals surface area (Å²) in [6, 6.07) is 9.58. The smallest absolute Gasteiger partial charge is 0.119 e. The van der Waals surface area contributed by atoms with Crippen molar-refractivity contribution in [3.05, 3.63) is 30.3 Å². The molecule has 1 aliphatic carbocycles. The lowest BCUT2D eigenvalue weighted by atomic mass is 10.3. The maximum atomic E-state index is 9.47. The van der Waals surface area contributed by atoms with Crippen molar-refractivity contribution in [2.24, 2.45) is 0 Å². The number of rotatable bonds is 3. The van der Waals surface area contributed by atoms with Crippen molar-refractivity contribution in [3.63, 3.8) is 0 Å². The fourth-order valence-electron chi connectivity index (χ4n) is 1.02. The van der Waals surface area contributed by atoms with Crippen LogP contribution in [0.5, 0.6) is 5.75 Å². The van der Waals surface area contributed by atoms with E-state index in [2.05, 4.69) is 0 Å². The molecule has 0 bridgehead atoms. The monoisotopic (exact) mass is 164 g/mol. The molecule has 2 nitrogen and oxygen atoms in total. The Hall–Kier alpha value is -1.02. The fraction of sp³-hybridized carbons (Fsp3) is 0.400. The van der Waals surface area contributed by atoms with Gasteiger partial charge in [0.15, 0.2) is 0 Å². The van der Waals surface area contributed by atoms with Crippen LogP contribution in [0.15, 0.2) is 30.3 Å². The zero-order valence-corrected chi connectivity index (χ0v) is 6.86. The Labute approximate surface area is 71.8 Å². The molecule has 0 radical (unpaired) electrons. The highest BCUT2D eigenvalue weighted by Crippen LogP contribution is 2.35. The summed E-state index contributed by atoms with van der Waals surface area (Å²) < 4.78 is 5.38. The normalized spacial score (nSPS) is 18.8. The van der Waals surface area contributed by atoms with E-state index >= 15 is 0 Å². The first-order chi connectivity index (χ1) is 5.79. The second-order valence-corrected chi connectivity index (χ2v) is 3.33. The van der Waals surface area contributed by atoms with Gasteiger partial charge in [0.1, 0.15) is 12.4 Å². The quantitative estimate of drug-likeness (QED) is 0.735. The molecule has 0 saturated heterocycles. The molecule has 1 aromatic carbocycles. The summed E-state index contributed by atoms with van der Waals surface area (Å²) in [6.45, 7) is 0.428. The van der Waals surface area contributed by atoms with Crippen LogP contribution in [0, 0.1) is 0 Å². The molecule has 2 rings (SSSR count). The van der Waals surface area contributed by atoms with E-state index in [4.69, 9.17) is 4.74 Å². The predicted octanol–water partition coefficient (Wildman–Crippen LogP) is 1.59. The zero-order valence-electron chi connectivity index (χ0n) is 6.86. The lowest BCUT2D eigenvalue weighted by Gasteiger charge is -2.09. The third-order valence-corrected chi connectivity index (χ3v) is 2.08. The van der Waals surface area contributed by atoms with Gasteiger partial charge >= 0.3 is 0 Å². The molecule has 0 aliphatic heterocycles. The Bertz CT molecular complexity index is 252. The summed E-state index contributed by atoms with van der Waals surface area (Å²) in [6.07, 6.45) is 1.75. The standard InChI is InChI=1S/C10H12O2/c11-10(6-7-10)8-12-9-4-2-1-3-5-9/h1-5,11H,6-8H2. The molecule has 0 aromatic heterocycles. The van der Waals surface area contributed by atoms with E-state index in [1.165, 1.54) is 0 Å². The van der Waals surface area contributed by atoms with Crippen LogP contribution in [0.4, 0.5) is 0 Å². The van der Waals surface area contributed by atoms with Gasteiger partial charge in [0, 0.05) is 0 Å². The van der Waals surface area contributed by atoms with Crippen LogP contribution in [-0.4, -0.2) is 17.3 Å². The third kappa shape index (κ3) is 1.77. The number of hydrogen-bond acceptors (Lipinski definition) is 2. The van der Waals surface area contributed by atoms with Crippen molar-refractivity contribution in [2.45, 2.75) is 18.4 Å². The van der Waals surface area contributed by atoms with Crippen LogP contribution < -0.4 is 4.74 Å². The van der Waals surface area contributed by atoms with Gasteiger partial charge < -0.3 is 9.84 Å². The van der Waals surface area contributed by atoms with Crippen LogP contribution in [0.3, 0.4) is 0 Å². The van der Waals surface area contributed by atoms with Crippen molar-refractivity contribution in [1.82, 2.24) is 0 Å². The van der Waals surface area contributed by atoms with Crippen molar-refractivity contribution in [3.8, 4) is 5.75 Å². The van der Waals surface area contributed by atoms with Gasteiger partial charge in [0.2, 0.25) is 0 Å². The molecule has 0 heterocycles. The van der Waals surface area contributed by atoms with Crippen LogP contribution in [-0.2, 0) is 0 Å². The van der Waals surface area contributed by atoms with Crippen molar-refractivity contribution >= 4 is 0 Å². The summed E-state index contributed by atoms with van der Waals surface area (Å²) in [5.41, 5.74) is -0.518. The number of benzene rings is 1. The summed E-state index contributed by atoms with van der Waals surface area (Å²) in [4.78, 5) is 0. The summed E-state index contributed by atoms with van der Waals surface area (Å²) >= 11 is 0. The van der Waals surface area contributed by atoms with Gasteiger partial charge in [-0.1, -0.05) is 18.2 Å². The largest absolute Gasteiger partial charge is 0.491 e. The van der Waals surface area contributed by atoms with E-state index < -0.39 is 5.60 Å². The Morgan fingerprint density at radius 1 is 1.25 bits per heavy atom. The molecule has 64 valence electrons. The Balaban J connectivity index is 1.88. The minimum absolute atomic E-state index is 0.428. The summed E-state index contributed by atoms with van der Waals surface area (Å²) in [7, 11) is 0. The maximum Gasteiger partial charge on any atom is 0.119 e. The minimum atomic E-state index is -0.518. The van der Waals surface area contributed by atoms with Gasteiger partial charge in [0.25, 0.3) is 0 Å². The highest BCUT2D eigenvalue weighted by Gasteiger charge is 2.41. The average Bonchev–Trinajstić information content (AvgIpc) is 2.84. The maximum absolute atomic E-state index is 9.47. The first-order valence-electron chi connectivity index (χ1n) is 4.19. The molecule has 0 amide bonds. The molecule has 12 heavy (non-hydrogen) atoms. The molecule has 1 aliphatic rings. The van der Waals surface area contributed by atoms with E-state index in [1.54, 1.807) is 0 Å². The first-order valence-corrected chi connectivity index (χ1v) is 4.19. The molecule has 2 heteroatoms. The number of aliphatic hydroxyl groups is 1. The SMILES string of the molecule is OC1(COc2ccccc2)CC1. The van der Waals surface area contributed by atoms with E-state index in [9.17, 15) is 5.11 Å². The average molecular weight is 164 g/mol. The van der Waals surface area contributed by atoms with Gasteiger partial charge in [-0.15, -0.1) is 0 Å². The predicted molar refractivity (Wildman–Crippen MR) is 46.1 cm³/mol. The highest BCUT2D eigenvalue weighted by atomic mass is 16.5. The molecule has 1 fully saturated rings. The highest BCUT2D eigenvalue weighted by molar-refractivity contribution is 5.21. The second kappa shape index (κ2) is 2.79. The van der Waals surface area contributed by atoms with Crippen LogP contribution >= 0.6 is 0 Å². The van der Waals surface area contributed by atoms with E-state index in [1.807, 2.05) is 30.3 Å². The van der Waals surface area contributed by atoms with Crippen molar-refractivity contribution in [1.29, 1.82) is 0 Å². The van der Waals surface area contributed by atoms with Crippen LogP contribution in [0.25, 0.3) is 0 Å². The second-order valence-electron chi connectivity index (χ2n) is 3.33. The van der Waals surface area contributed by atoms with Gasteiger partial charge in [0.05, 0.1) is 5.60 Å². The molecule has 0 unspecified atom stereocenters. The molecule has 0 spiro atoms. The Kier molecular flexibility index (Phi) is 1.77. The Morgan fingerprint density at radius 3 is 2.50 bits per heavy atom. The van der Waals surface area contributed by atoms with Gasteiger partial charge in [-0.3, -0.25) is 0 Å². The van der Waals surface area contributed by atoms with Crippen LogP contribution in [0.2, 0.25) is 0 Å². The van der Waals surface area contributed by atoms with E-state index in [-0.39, 0.29) is 0 Å². The topological polar surface area (TPSA) is 29.5 Å². The van der Waals surface area contributed by atoms with Gasteiger partial charge in [-0.25, -0.2) is 0 Å². The zero-order chi connectivity index (χ0) is 8.44. The Morgan fingerprint density at radius 2 is 1.92 bits per heavy atom. The lowest BCUT2D eigenvalue weighted by molar-refractivity contribution is 0.0856. The number of ether oxygens (including phenoxy) is 1. The molecule has 1 aromatic rings. The van der Waals surface area contributed by atoms with E-state index in [0.717, 1.165) is 18.6 Å². The molecule has 0 atom stereocenters. The molecular weight excluding hydrogens is 152 g/mol. The minimum Gasteiger partial charge on any atom is -0.491 e.